The van der Waals surface area contributed by atoms with Crippen LogP contribution >= 0.6 is 0 Å². The molecule has 0 saturated carbocycles. The molecule has 0 aromatic carbocycles. The van der Waals surface area contributed by atoms with E-state index in [1.807, 2.05) is 6.92 Å². The van der Waals surface area contributed by atoms with E-state index in [4.69, 9.17) is 0 Å². The summed E-state index contributed by atoms with van der Waals surface area (Å²) < 4.78 is 28.1. The average Bonchev–Trinajstić information content (AvgIpc) is 2.28. The van der Waals surface area contributed by atoms with Crippen molar-refractivity contribution in [3.05, 3.63) is 0 Å². The van der Waals surface area contributed by atoms with Gasteiger partial charge in [-0.1, -0.05) is 13.3 Å². The van der Waals surface area contributed by atoms with Gasteiger partial charge in [-0.3, -0.25) is 4.79 Å². The van der Waals surface area contributed by atoms with E-state index in [1.165, 1.54) is 0 Å². The first-order valence-electron chi connectivity index (χ1n) is 5.95. The van der Waals surface area contributed by atoms with Crippen molar-refractivity contribution in [2.24, 2.45) is 0 Å². The smallest absolute Gasteiger partial charge is 0.261 e. The van der Waals surface area contributed by atoms with E-state index in [9.17, 15) is 13.6 Å². The van der Waals surface area contributed by atoms with E-state index in [0.717, 1.165) is 12.8 Å². The minimum absolute atomic E-state index is 0.0766. The molecular formula is C11H22F2N2O2. The normalized spacial score (nSPS) is 12.8. The Bertz CT molecular complexity index is 204. The molecule has 0 aliphatic carbocycles. The number of rotatable bonds is 10. The van der Waals surface area contributed by atoms with Gasteiger partial charge in [-0.05, 0) is 13.3 Å². The Kier molecular flexibility index (Phi) is 9.95. The molecule has 1 atom stereocenters. The van der Waals surface area contributed by atoms with Crippen LogP contribution in [0, 0.1) is 0 Å². The van der Waals surface area contributed by atoms with Gasteiger partial charge < -0.3 is 15.4 Å². The van der Waals surface area contributed by atoms with E-state index < -0.39 is 13.0 Å². The van der Waals surface area contributed by atoms with E-state index in [2.05, 4.69) is 15.4 Å². The van der Waals surface area contributed by atoms with Crippen LogP contribution in [-0.2, 0) is 9.53 Å². The standard InChI is InChI=1S/C11H22F2N2O2/c1-3-4-5-15-11(16)9(2)14-6-7-17-8-10(12)13/h9-10,14H,3-8H2,1-2H3,(H,15,16). The molecule has 6 heteroatoms. The molecule has 0 bridgehead atoms. The molecule has 102 valence electrons. The van der Waals surface area contributed by atoms with Crippen LogP contribution in [-0.4, -0.2) is 44.7 Å². The second kappa shape index (κ2) is 10.4. The first-order chi connectivity index (χ1) is 8.07. The zero-order chi connectivity index (χ0) is 13.1. The molecule has 1 unspecified atom stereocenters. The molecular weight excluding hydrogens is 230 g/mol. The van der Waals surface area contributed by atoms with Crippen LogP contribution in [0.2, 0.25) is 0 Å². The second-order valence-corrected chi connectivity index (χ2v) is 3.79. The first kappa shape index (κ1) is 16.2. The van der Waals surface area contributed by atoms with Crippen LogP contribution in [0.5, 0.6) is 0 Å². The minimum Gasteiger partial charge on any atom is -0.374 e. The maximum atomic E-state index is 11.7. The summed E-state index contributed by atoms with van der Waals surface area (Å²) in [5, 5.41) is 5.68. The van der Waals surface area contributed by atoms with Gasteiger partial charge in [0.05, 0.1) is 12.6 Å². The number of alkyl halides is 2. The number of carbonyl (C=O) groups excluding carboxylic acids is 1. The van der Waals surface area contributed by atoms with Crippen molar-refractivity contribution in [2.45, 2.75) is 39.2 Å². The number of carbonyl (C=O) groups is 1. The Morgan fingerprint density at radius 1 is 1.35 bits per heavy atom. The van der Waals surface area contributed by atoms with Crippen LogP contribution in [0.15, 0.2) is 0 Å². The van der Waals surface area contributed by atoms with Gasteiger partial charge in [-0.15, -0.1) is 0 Å². The minimum atomic E-state index is -2.44. The summed E-state index contributed by atoms with van der Waals surface area (Å²) in [5.74, 6) is -0.0766. The average molecular weight is 252 g/mol. The summed E-state index contributed by atoms with van der Waals surface area (Å²) in [4.78, 5) is 11.5. The molecule has 0 saturated heterocycles. The highest BCUT2D eigenvalue weighted by atomic mass is 19.3. The molecule has 4 nitrogen and oxygen atoms in total. The molecule has 0 spiro atoms. The van der Waals surface area contributed by atoms with Crippen molar-refractivity contribution < 1.29 is 18.3 Å². The highest BCUT2D eigenvalue weighted by molar-refractivity contribution is 5.81. The first-order valence-corrected chi connectivity index (χ1v) is 5.95. The lowest BCUT2D eigenvalue weighted by atomic mass is 10.3. The van der Waals surface area contributed by atoms with Gasteiger partial charge in [0.25, 0.3) is 6.43 Å². The molecule has 0 fully saturated rings. The van der Waals surface area contributed by atoms with Crippen molar-refractivity contribution in [1.29, 1.82) is 0 Å². The van der Waals surface area contributed by atoms with Crippen LogP contribution in [0.25, 0.3) is 0 Å². The van der Waals surface area contributed by atoms with Gasteiger partial charge in [0.15, 0.2) is 0 Å². The van der Waals surface area contributed by atoms with Gasteiger partial charge >= 0.3 is 0 Å². The maximum Gasteiger partial charge on any atom is 0.261 e. The Morgan fingerprint density at radius 2 is 2.06 bits per heavy atom. The number of hydrogen-bond donors (Lipinski definition) is 2. The molecule has 17 heavy (non-hydrogen) atoms. The van der Waals surface area contributed by atoms with E-state index in [0.29, 0.717) is 13.1 Å². The number of amides is 1. The van der Waals surface area contributed by atoms with Crippen molar-refractivity contribution in [3.63, 3.8) is 0 Å². The molecule has 0 heterocycles. The van der Waals surface area contributed by atoms with Crippen LogP contribution in [0.1, 0.15) is 26.7 Å². The monoisotopic (exact) mass is 252 g/mol. The molecule has 0 radical (unpaired) electrons. The van der Waals surface area contributed by atoms with E-state index in [1.54, 1.807) is 6.92 Å². The zero-order valence-corrected chi connectivity index (χ0v) is 10.5. The summed E-state index contributed by atoms with van der Waals surface area (Å²) in [5.41, 5.74) is 0. The van der Waals surface area contributed by atoms with Gasteiger partial charge in [0.1, 0.15) is 6.61 Å². The molecule has 2 N–H and O–H groups in total. The predicted octanol–water partition coefficient (Wildman–Crippen LogP) is 1.16. The fraction of sp³-hybridized carbons (Fsp3) is 0.909. The Hall–Kier alpha value is -0.750. The van der Waals surface area contributed by atoms with Gasteiger partial charge in [-0.25, -0.2) is 8.78 Å². The summed E-state index contributed by atoms with van der Waals surface area (Å²) in [7, 11) is 0. The third kappa shape index (κ3) is 10.1. The SMILES string of the molecule is CCCCNC(=O)C(C)NCCOCC(F)F. The Balaban J connectivity index is 3.43. The van der Waals surface area contributed by atoms with Crippen molar-refractivity contribution in [1.82, 2.24) is 10.6 Å². The molecule has 0 rings (SSSR count). The zero-order valence-electron chi connectivity index (χ0n) is 10.5. The molecule has 0 aromatic heterocycles. The van der Waals surface area contributed by atoms with Crippen LogP contribution in [0.3, 0.4) is 0 Å². The van der Waals surface area contributed by atoms with Crippen molar-refractivity contribution in [3.8, 4) is 0 Å². The molecule has 0 aliphatic rings. The summed E-state index contributed by atoms with van der Waals surface area (Å²) >= 11 is 0. The highest BCUT2D eigenvalue weighted by Crippen LogP contribution is 1.91. The molecule has 0 aliphatic heterocycles. The summed E-state index contributed by atoms with van der Waals surface area (Å²) in [6, 6.07) is -0.331. The van der Waals surface area contributed by atoms with Crippen LogP contribution < -0.4 is 10.6 Å². The third-order valence-electron chi connectivity index (χ3n) is 2.16. The fourth-order valence-electron chi connectivity index (χ4n) is 1.15. The Morgan fingerprint density at radius 3 is 2.65 bits per heavy atom. The van der Waals surface area contributed by atoms with Gasteiger partial charge in [-0.2, -0.15) is 0 Å². The second-order valence-electron chi connectivity index (χ2n) is 3.79. The number of hydrogen-bond acceptors (Lipinski definition) is 3. The quantitative estimate of drug-likeness (QED) is 0.574. The molecule has 0 aromatic rings. The van der Waals surface area contributed by atoms with Gasteiger partial charge in [0.2, 0.25) is 5.91 Å². The largest absolute Gasteiger partial charge is 0.374 e. The molecule has 1 amide bonds. The topological polar surface area (TPSA) is 50.4 Å². The lowest BCUT2D eigenvalue weighted by Crippen LogP contribution is -2.43. The fourth-order valence-corrected chi connectivity index (χ4v) is 1.15. The number of unbranched alkanes of at least 4 members (excludes halogenated alkanes) is 1. The number of halogens is 2. The predicted molar refractivity (Wildman–Crippen MR) is 62.2 cm³/mol. The highest BCUT2D eigenvalue weighted by Gasteiger charge is 2.10. The van der Waals surface area contributed by atoms with E-state index in [-0.39, 0.29) is 18.6 Å². The Labute approximate surface area is 101 Å². The van der Waals surface area contributed by atoms with Crippen molar-refractivity contribution in [2.75, 3.05) is 26.3 Å². The number of ether oxygens (including phenoxy) is 1. The third-order valence-corrected chi connectivity index (χ3v) is 2.16. The maximum absolute atomic E-state index is 11.7. The summed E-state index contributed by atoms with van der Waals surface area (Å²) in [6.07, 6.45) is -0.454. The lowest BCUT2D eigenvalue weighted by Gasteiger charge is -2.13. The van der Waals surface area contributed by atoms with Gasteiger partial charge in [0, 0.05) is 13.1 Å². The number of nitrogens with one attached hydrogen (secondary N) is 2. The van der Waals surface area contributed by atoms with Crippen molar-refractivity contribution >= 4 is 5.91 Å². The van der Waals surface area contributed by atoms with Crippen LogP contribution in [0.4, 0.5) is 8.78 Å². The van der Waals surface area contributed by atoms with E-state index >= 15 is 0 Å². The summed E-state index contributed by atoms with van der Waals surface area (Å²) in [6.45, 7) is 4.45. The lowest BCUT2D eigenvalue weighted by molar-refractivity contribution is -0.122.